The van der Waals surface area contributed by atoms with Crippen LogP contribution >= 0.6 is 0 Å². The van der Waals surface area contributed by atoms with E-state index in [1.165, 1.54) is 6.42 Å². The molecule has 0 aliphatic carbocycles. The van der Waals surface area contributed by atoms with Gasteiger partial charge in [-0.05, 0) is 38.8 Å². The minimum atomic E-state index is -0.710. The Bertz CT molecular complexity index is 233. The van der Waals surface area contributed by atoms with E-state index in [1.807, 2.05) is 0 Å². The number of piperidine rings is 1. The number of hydrogen-bond donors (Lipinski definition) is 2. The largest absolute Gasteiger partial charge is 0.480 e. The van der Waals surface area contributed by atoms with Crippen LogP contribution in [0.4, 0.5) is 0 Å². The molecule has 4 heteroatoms. The van der Waals surface area contributed by atoms with E-state index >= 15 is 0 Å². The third-order valence-corrected chi connectivity index (χ3v) is 3.62. The van der Waals surface area contributed by atoms with Gasteiger partial charge in [-0.3, -0.25) is 4.79 Å². The molecule has 2 N–H and O–H groups in total. The molecule has 1 saturated heterocycles. The van der Waals surface area contributed by atoms with Crippen LogP contribution in [0.5, 0.6) is 0 Å². The van der Waals surface area contributed by atoms with Crippen molar-refractivity contribution < 1.29 is 9.90 Å². The molecular formula is C12H24N2O2. The van der Waals surface area contributed by atoms with Gasteiger partial charge in [0, 0.05) is 13.1 Å². The van der Waals surface area contributed by atoms with E-state index in [9.17, 15) is 9.90 Å². The normalized spacial score (nSPS) is 21.2. The fourth-order valence-corrected chi connectivity index (χ4v) is 2.17. The van der Waals surface area contributed by atoms with Gasteiger partial charge in [-0.2, -0.15) is 0 Å². The van der Waals surface area contributed by atoms with Gasteiger partial charge in [0.2, 0.25) is 0 Å². The minimum Gasteiger partial charge on any atom is -0.480 e. The molecule has 0 aromatic heterocycles. The van der Waals surface area contributed by atoms with Gasteiger partial charge >= 0.3 is 5.97 Å². The van der Waals surface area contributed by atoms with E-state index in [0.29, 0.717) is 12.8 Å². The summed E-state index contributed by atoms with van der Waals surface area (Å²) in [6.07, 6.45) is 2.60. The maximum absolute atomic E-state index is 11.2. The van der Waals surface area contributed by atoms with Crippen molar-refractivity contribution >= 4 is 5.97 Å². The number of hydrogen-bond acceptors (Lipinski definition) is 3. The highest BCUT2D eigenvalue weighted by molar-refractivity contribution is 5.78. The summed E-state index contributed by atoms with van der Waals surface area (Å²) in [4.78, 5) is 13.6. The zero-order valence-corrected chi connectivity index (χ0v) is 10.6. The van der Waals surface area contributed by atoms with Gasteiger partial charge in [-0.25, -0.2) is 0 Å². The Hall–Kier alpha value is -0.610. The van der Waals surface area contributed by atoms with E-state index in [2.05, 4.69) is 24.1 Å². The van der Waals surface area contributed by atoms with Crippen molar-refractivity contribution in [2.45, 2.75) is 38.6 Å². The van der Waals surface area contributed by atoms with Crippen molar-refractivity contribution in [2.75, 3.05) is 26.7 Å². The van der Waals surface area contributed by atoms with Gasteiger partial charge in [-0.15, -0.1) is 0 Å². The van der Waals surface area contributed by atoms with Crippen LogP contribution in [0.3, 0.4) is 0 Å². The molecule has 0 saturated carbocycles. The summed E-state index contributed by atoms with van der Waals surface area (Å²) >= 11 is 0. The molecule has 0 atom stereocenters. The van der Waals surface area contributed by atoms with Crippen molar-refractivity contribution in [2.24, 2.45) is 5.92 Å². The van der Waals surface area contributed by atoms with Crippen LogP contribution < -0.4 is 5.32 Å². The van der Waals surface area contributed by atoms with Crippen LogP contribution in [0.25, 0.3) is 0 Å². The van der Waals surface area contributed by atoms with Crippen LogP contribution in [0.15, 0.2) is 0 Å². The number of rotatable bonds is 5. The Morgan fingerprint density at radius 2 is 2.00 bits per heavy atom. The number of carboxylic acids is 1. The number of carboxylic acid groups (broad SMARTS) is 1. The molecule has 1 aliphatic heterocycles. The Morgan fingerprint density at radius 3 is 2.38 bits per heavy atom. The molecule has 0 bridgehead atoms. The van der Waals surface area contributed by atoms with Gasteiger partial charge in [0.05, 0.1) is 0 Å². The highest BCUT2D eigenvalue weighted by Gasteiger charge is 2.39. The number of carbonyl (C=O) groups is 1. The zero-order chi connectivity index (χ0) is 12.2. The second-order valence-electron chi connectivity index (χ2n) is 5.16. The smallest absolute Gasteiger partial charge is 0.323 e. The number of nitrogens with zero attached hydrogens (tertiary/aromatic N) is 1. The van der Waals surface area contributed by atoms with Crippen molar-refractivity contribution in [3.8, 4) is 0 Å². The number of likely N-dealkylation sites (N-methyl/N-ethyl adjacent to an activating group) is 1. The Labute approximate surface area is 98.0 Å². The first-order valence-electron chi connectivity index (χ1n) is 6.15. The lowest BCUT2D eigenvalue weighted by atomic mass is 9.87. The van der Waals surface area contributed by atoms with Crippen LogP contribution in [-0.2, 0) is 4.79 Å². The Morgan fingerprint density at radius 1 is 1.44 bits per heavy atom. The van der Waals surface area contributed by atoms with Gasteiger partial charge in [0.15, 0.2) is 0 Å². The lowest BCUT2D eigenvalue weighted by molar-refractivity contribution is -0.146. The average molecular weight is 228 g/mol. The SMILES string of the molecule is CNC1(C(=O)O)CCN(CCC(C)C)CC1. The lowest BCUT2D eigenvalue weighted by Gasteiger charge is -2.38. The third-order valence-electron chi connectivity index (χ3n) is 3.62. The van der Waals surface area contributed by atoms with Crippen molar-refractivity contribution in [3.05, 3.63) is 0 Å². The van der Waals surface area contributed by atoms with E-state index in [0.717, 1.165) is 25.6 Å². The molecule has 1 fully saturated rings. The summed E-state index contributed by atoms with van der Waals surface area (Å²) < 4.78 is 0. The lowest BCUT2D eigenvalue weighted by Crippen LogP contribution is -2.57. The number of likely N-dealkylation sites (tertiary alicyclic amines) is 1. The fourth-order valence-electron chi connectivity index (χ4n) is 2.17. The van der Waals surface area contributed by atoms with Gasteiger partial charge in [-0.1, -0.05) is 13.8 Å². The minimum absolute atomic E-state index is 0.686. The van der Waals surface area contributed by atoms with E-state index in [1.54, 1.807) is 7.05 Å². The molecule has 1 rings (SSSR count). The highest BCUT2D eigenvalue weighted by Crippen LogP contribution is 2.22. The maximum atomic E-state index is 11.2. The summed E-state index contributed by atoms with van der Waals surface area (Å²) in [6.45, 7) is 7.31. The van der Waals surface area contributed by atoms with Gasteiger partial charge in [0.1, 0.15) is 5.54 Å². The van der Waals surface area contributed by atoms with Crippen LogP contribution in [0.2, 0.25) is 0 Å². The van der Waals surface area contributed by atoms with E-state index in [-0.39, 0.29) is 0 Å². The van der Waals surface area contributed by atoms with Gasteiger partial charge in [0.25, 0.3) is 0 Å². The monoisotopic (exact) mass is 228 g/mol. The van der Waals surface area contributed by atoms with Crippen molar-refractivity contribution in [3.63, 3.8) is 0 Å². The maximum Gasteiger partial charge on any atom is 0.323 e. The molecule has 1 heterocycles. The topological polar surface area (TPSA) is 52.6 Å². The fraction of sp³-hybridized carbons (Fsp3) is 0.917. The number of aliphatic carboxylic acids is 1. The predicted octanol–water partition coefficient (Wildman–Crippen LogP) is 1.17. The Kier molecular flexibility index (Phi) is 4.74. The first kappa shape index (κ1) is 13.5. The molecular weight excluding hydrogens is 204 g/mol. The summed E-state index contributed by atoms with van der Waals surface area (Å²) in [5.74, 6) is 0.00830. The standard InChI is InChI=1S/C12H24N2O2/c1-10(2)4-7-14-8-5-12(13-3,6-9-14)11(15)16/h10,13H,4-9H2,1-3H3,(H,15,16). The van der Waals surface area contributed by atoms with Crippen LogP contribution in [-0.4, -0.2) is 48.2 Å². The average Bonchev–Trinajstić information content (AvgIpc) is 2.26. The molecule has 94 valence electrons. The summed E-state index contributed by atoms with van der Waals surface area (Å²) in [7, 11) is 1.75. The molecule has 0 unspecified atom stereocenters. The van der Waals surface area contributed by atoms with Crippen LogP contribution in [0, 0.1) is 5.92 Å². The molecule has 0 aromatic rings. The molecule has 4 nitrogen and oxygen atoms in total. The van der Waals surface area contributed by atoms with Gasteiger partial charge < -0.3 is 15.3 Å². The van der Waals surface area contributed by atoms with E-state index in [4.69, 9.17) is 0 Å². The molecule has 1 aliphatic rings. The summed E-state index contributed by atoms with van der Waals surface area (Å²) in [5.41, 5.74) is -0.686. The highest BCUT2D eigenvalue weighted by atomic mass is 16.4. The van der Waals surface area contributed by atoms with Crippen molar-refractivity contribution in [1.82, 2.24) is 10.2 Å². The molecule has 0 amide bonds. The zero-order valence-electron chi connectivity index (χ0n) is 10.6. The Balaban J connectivity index is 2.40. The molecule has 0 aromatic carbocycles. The summed E-state index contributed by atoms with van der Waals surface area (Å²) in [6, 6.07) is 0. The first-order chi connectivity index (χ1) is 7.50. The van der Waals surface area contributed by atoms with E-state index < -0.39 is 11.5 Å². The third kappa shape index (κ3) is 3.19. The molecule has 0 radical (unpaired) electrons. The molecule has 0 spiro atoms. The second-order valence-corrected chi connectivity index (χ2v) is 5.16. The second kappa shape index (κ2) is 5.64. The number of nitrogens with one attached hydrogen (secondary N) is 1. The predicted molar refractivity (Wildman–Crippen MR) is 64.6 cm³/mol. The quantitative estimate of drug-likeness (QED) is 0.741. The van der Waals surface area contributed by atoms with Crippen molar-refractivity contribution in [1.29, 1.82) is 0 Å². The molecule has 16 heavy (non-hydrogen) atoms. The summed E-state index contributed by atoms with van der Waals surface area (Å²) in [5, 5.41) is 12.2. The van der Waals surface area contributed by atoms with Crippen LogP contribution in [0.1, 0.15) is 33.1 Å². The first-order valence-corrected chi connectivity index (χ1v) is 6.15.